The van der Waals surface area contributed by atoms with Crippen molar-refractivity contribution >= 4 is 0 Å². The highest BCUT2D eigenvalue weighted by Crippen LogP contribution is 2.08. The molecule has 2 N–H and O–H groups in total. The second-order valence-electron chi connectivity index (χ2n) is 4.36. The minimum Gasteiger partial charge on any atom is -0.379 e. The van der Waals surface area contributed by atoms with Crippen LogP contribution >= 0.6 is 0 Å². The Morgan fingerprint density at radius 1 is 1.21 bits per heavy atom. The first-order valence-electron chi connectivity index (χ1n) is 5.56. The summed E-state index contributed by atoms with van der Waals surface area (Å²) < 4.78 is 5.34. The first kappa shape index (κ1) is 13.9. The summed E-state index contributed by atoms with van der Waals surface area (Å²) in [6, 6.07) is 0.636. The lowest BCUT2D eigenvalue weighted by molar-refractivity contribution is 0.102. The molecule has 0 aliphatic heterocycles. The van der Waals surface area contributed by atoms with E-state index >= 15 is 0 Å². The van der Waals surface area contributed by atoms with E-state index in [4.69, 9.17) is 10.5 Å². The van der Waals surface area contributed by atoms with Gasteiger partial charge in [0.15, 0.2) is 0 Å². The number of ether oxygens (including phenoxy) is 1. The Hall–Kier alpha value is -0.120. The summed E-state index contributed by atoms with van der Waals surface area (Å²) in [6.07, 6.45) is 1.24. The van der Waals surface area contributed by atoms with Crippen LogP contribution in [-0.2, 0) is 4.74 Å². The molecule has 0 saturated carbocycles. The molecule has 0 saturated heterocycles. The van der Waals surface area contributed by atoms with E-state index in [1.54, 1.807) is 0 Å². The van der Waals surface area contributed by atoms with Gasteiger partial charge in [0.05, 0.1) is 13.2 Å². The van der Waals surface area contributed by atoms with Crippen LogP contribution in [0.1, 0.15) is 27.2 Å². The zero-order valence-electron chi connectivity index (χ0n) is 10.1. The average Bonchev–Trinajstić information content (AvgIpc) is 2.11. The molecule has 0 aromatic rings. The van der Waals surface area contributed by atoms with Crippen LogP contribution in [0.25, 0.3) is 0 Å². The molecule has 1 unspecified atom stereocenters. The van der Waals surface area contributed by atoms with Gasteiger partial charge in [-0.1, -0.05) is 13.8 Å². The maximum atomic E-state index is 5.34. The second kappa shape index (κ2) is 8.21. The summed E-state index contributed by atoms with van der Waals surface area (Å²) in [4.78, 5) is 2.34. The Morgan fingerprint density at radius 3 is 2.36 bits per heavy atom. The zero-order chi connectivity index (χ0) is 11.0. The zero-order valence-corrected chi connectivity index (χ0v) is 10.1. The number of hydrogen-bond acceptors (Lipinski definition) is 3. The van der Waals surface area contributed by atoms with E-state index in [1.165, 1.54) is 6.42 Å². The molecule has 14 heavy (non-hydrogen) atoms. The SMILES string of the molecule is CC(C)CC(C)N(C)CCOCCN. The van der Waals surface area contributed by atoms with Gasteiger partial charge in [0, 0.05) is 19.1 Å². The Balaban J connectivity index is 3.46. The van der Waals surface area contributed by atoms with Crippen molar-refractivity contribution < 1.29 is 4.74 Å². The highest BCUT2D eigenvalue weighted by atomic mass is 16.5. The average molecular weight is 202 g/mol. The monoisotopic (exact) mass is 202 g/mol. The van der Waals surface area contributed by atoms with E-state index in [2.05, 4.69) is 32.7 Å². The molecule has 0 aliphatic rings. The van der Waals surface area contributed by atoms with Crippen LogP contribution in [0.2, 0.25) is 0 Å². The normalized spacial score (nSPS) is 13.9. The van der Waals surface area contributed by atoms with Crippen LogP contribution in [0.3, 0.4) is 0 Å². The fourth-order valence-electron chi connectivity index (χ4n) is 1.48. The molecule has 0 heterocycles. The standard InChI is InChI=1S/C11H26N2O/c1-10(2)9-11(3)13(4)6-8-14-7-5-12/h10-11H,5-9,12H2,1-4H3. The van der Waals surface area contributed by atoms with Crippen molar-refractivity contribution in [1.82, 2.24) is 4.90 Å². The fraction of sp³-hybridized carbons (Fsp3) is 1.00. The maximum absolute atomic E-state index is 5.34. The smallest absolute Gasteiger partial charge is 0.0594 e. The number of nitrogens with two attached hydrogens (primary N) is 1. The Bertz CT molecular complexity index is 128. The maximum Gasteiger partial charge on any atom is 0.0594 e. The van der Waals surface area contributed by atoms with Crippen molar-refractivity contribution in [3.05, 3.63) is 0 Å². The molecule has 3 nitrogen and oxygen atoms in total. The fourth-order valence-corrected chi connectivity index (χ4v) is 1.48. The summed E-state index contributed by atoms with van der Waals surface area (Å²) in [6.45, 7) is 9.86. The predicted octanol–water partition coefficient (Wildman–Crippen LogP) is 1.33. The van der Waals surface area contributed by atoms with Crippen molar-refractivity contribution in [3.63, 3.8) is 0 Å². The second-order valence-corrected chi connectivity index (χ2v) is 4.36. The van der Waals surface area contributed by atoms with Crippen molar-refractivity contribution in [2.75, 3.05) is 33.4 Å². The van der Waals surface area contributed by atoms with E-state index in [9.17, 15) is 0 Å². The highest BCUT2D eigenvalue weighted by Gasteiger charge is 2.10. The quantitative estimate of drug-likeness (QED) is 0.603. The van der Waals surface area contributed by atoms with Gasteiger partial charge in [0.1, 0.15) is 0 Å². The third kappa shape index (κ3) is 7.30. The van der Waals surface area contributed by atoms with Crippen LogP contribution < -0.4 is 5.73 Å². The Labute approximate surface area is 88.6 Å². The first-order valence-corrected chi connectivity index (χ1v) is 5.56. The number of rotatable bonds is 8. The number of likely N-dealkylation sites (N-methyl/N-ethyl adjacent to an activating group) is 1. The molecule has 0 amide bonds. The van der Waals surface area contributed by atoms with Crippen LogP contribution in [-0.4, -0.2) is 44.3 Å². The lowest BCUT2D eigenvalue weighted by atomic mass is 10.0. The molecular formula is C11H26N2O. The van der Waals surface area contributed by atoms with E-state index in [1.807, 2.05) is 0 Å². The Morgan fingerprint density at radius 2 is 1.86 bits per heavy atom. The molecule has 0 bridgehead atoms. The third-order valence-electron chi connectivity index (χ3n) is 2.42. The van der Waals surface area contributed by atoms with Gasteiger partial charge < -0.3 is 15.4 Å². The molecule has 0 aromatic heterocycles. The molecule has 0 rings (SSSR count). The summed E-state index contributed by atoms with van der Waals surface area (Å²) in [5, 5.41) is 0. The van der Waals surface area contributed by atoms with Crippen LogP contribution in [0.15, 0.2) is 0 Å². The lowest BCUT2D eigenvalue weighted by Crippen LogP contribution is -2.33. The third-order valence-corrected chi connectivity index (χ3v) is 2.42. The molecule has 0 spiro atoms. The van der Waals surface area contributed by atoms with Crippen molar-refractivity contribution in [1.29, 1.82) is 0 Å². The number of nitrogens with zero attached hydrogens (tertiary/aromatic N) is 1. The predicted molar refractivity (Wildman–Crippen MR) is 61.4 cm³/mol. The van der Waals surface area contributed by atoms with Crippen LogP contribution in [0, 0.1) is 5.92 Å². The van der Waals surface area contributed by atoms with Gasteiger partial charge in [-0.15, -0.1) is 0 Å². The van der Waals surface area contributed by atoms with E-state index in [-0.39, 0.29) is 0 Å². The number of hydrogen-bond donors (Lipinski definition) is 1. The minimum absolute atomic E-state index is 0.616. The van der Waals surface area contributed by atoms with E-state index in [0.717, 1.165) is 19.1 Å². The molecule has 3 heteroatoms. The molecule has 0 fully saturated rings. The van der Waals surface area contributed by atoms with Crippen molar-refractivity contribution in [2.45, 2.75) is 33.2 Å². The van der Waals surface area contributed by atoms with Gasteiger partial charge in [-0.2, -0.15) is 0 Å². The van der Waals surface area contributed by atoms with Crippen molar-refractivity contribution in [3.8, 4) is 0 Å². The molecule has 86 valence electrons. The van der Waals surface area contributed by atoms with Crippen molar-refractivity contribution in [2.24, 2.45) is 11.7 Å². The highest BCUT2D eigenvalue weighted by molar-refractivity contribution is 4.64. The minimum atomic E-state index is 0.616. The topological polar surface area (TPSA) is 38.5 Å². The molecule has 0 aromatic carbocycles. The van der Waals surface area contributed by atoms with Gasteiger partial charge in [0.25, 0.3) is 0 Å². The van der Waals surface area contributed by atoms with Crippen LogP contribution in [0.4, 0.5) is 0 Å². The van der Waals surface area contributed by atoms with Gasteiger partial charge in [0.2, 0.25) is 0 Å². The molecule has 1 atom stereocenters. The lowest BCUT2D eigenvalue weighted by Gasteiger charge is -2.25. The molecule has 0 radical (unpaired) electrons. The van der Waals surface area contributed by atoms with E-state index in [0.29, 0.717) is 19.2 Å². The Kier molecular flexibility index (Phi) is 8.14. The summed E-state index contributed by atoms with van der Waals surface area (Å²) in [7, 11) is 2.15. The summed E-state index contributed by atoms with van der Waals surface area (Å²) >= 11 is 0. The van der Waals surface area contributed by atoms with E-state index < -0.39 is 0 Å². The molecule has 0 aliphatic carbocycles. The summed E-state index contributed by atoms with van der Waals surface area (Å²) in [5.41, 5.74) is 5.33. The van der Waals surface area contributed by atoms with Gasteiger partial charge in [-0.05, 0) is 26.3 Å². The molecular weight excluding hydrogens is 176 g/mol. The van der Waals surface area contributed by atoms with Gasteiger partial charge in [-0.25, -0.2) is 0 Å². The summed E-state index contributed by atoms with van der Waals surface area (Å²) in [5.74, 6) is 0.761. The van der Waals surface area contributed by atoms with Gasteiger partial charge in [-0.3, -0.25) is 0 Å². The van der Waals surface area contributed by atoms with Crippen LogP contribution in [0.5, 0.6) is 0 Å². The van der Waals surface area contributed by atoms with Gasteiger partial charge >= 0.3 is 0 Å². The first-order chi connectivity index (χ1) is 6.57. The largest absolute Gasteiger partial charge is 0.379 e.